The maximum Gasteiger partial charge on any atom is 0.345 e. The average Bonchev–Trinajstić information content (AvgIpc) is 2.46. The first-order chi connectivity index (χ1) is 10.4. The summed E-state index contributed by atoms with van der Waals surface area (Å²) in [5.74, 6) is -0.319. The first kappa shape index (κ1) is 18.2. The molecule has 0 unspecified atom stereocenters. The Morgan fingerprint density at radius 3 is 2.32 bits per heavy atom. The zero-order chi connectivity index (χ0) is 16.7. The summed E-state index contributed by atoms with van der Waals surface area (Å²) in [7, 11) is 1.62. The number of halogens is 1. The lowest BCUT2D eigenvalue weighted by Gasteiger charge is -2.20. The van der Waals surface area contributed by atoms with E-state index < -0.39 is 11.9 Å². The highest BCUT2D eigenvalue weighted by molar-refractivity contribution is 6.33. The smallest absolute Gasteiger partial charge is 0.345 e. The van der Waals surface area contributed by atoms with Crippen molar-refractivity contribution in [1.29, 1.82) is 0 Å². The first-order valence-electron chi connectivity index (χ1n) is 7.04. The minimum absolute atomic E-state index is 0.0102. The van der Waals surface area contributed by atoms with Crippen LogP contribution in [0.5, 0.6) is 0 Å². The van der Waals surface area contributed by atoms with E-state index in [1.54, 1.807) is 20.9 Å². The average molecular weight is 330 g/mol. The van der Waals surface area contributed by atoms with Gasteiger partial charge in [-0.3, -0.25) is 4.79 Å². The van der Waals surface area contributed by atoms with Crippen LogP contribution in [0, 0.1) is 0 Å². The summed E-state index contributed by atoms with van der Waals surface area (Å²) in [5, 5.41) is 0.0102. The van der Waals surface area contributed by atoms with Crippen LogP contribution in [-0.2, 0) is 20.7 Å². The normalized spacial score (nSPS) is 10.2. The number of ether oxygens (including phenoxy) is 2. The molecule has 0 saturated carbocycles. The Balaban J connectivity index is 3.20. The van der Waals surface area contributed by atoms with Crippen molar-refractivity contribution < 1.29 is 19.1 Å². The minimum Gasteiger partial charge on any atom is -0.465 e. The fraction of sp³-hybridized carbons (Fsp3) is 0.571. The summed E-state index contributed by atoms with van der Waals surface area (Å²) >= 11 is 6.09. The molecule has 122 valence electrons. The van der Waals surface area contributed by atoms with Gasteiger partial charge < -0.3 is 14.4 Å². The molecular formula is C14H20ClN3O4. The van der Waals surface area contributed by atoms with E-state index in [2.05, 4.69) is 9.97 Å². The first-order valence-corrected chi connectivity index (χ1v) is 7.42. The molecule has 22 heavy (non-hydrogen) atoms. The molecule has 0 spiro atoms. The topological polar surface area (TPSA) is 81.6 Å². The van der Waals surface area contributed by atoms with Crippen molar-refractivity contribution in [3.63, 3.8) is 0 Å². The van der Waals surface area contributed by atoms with Crippen LogP contribution in [0.2, 0.25) is 5.15 Å². The Morgan fingerprint density at radius 1 is 1.14 bits per heavy atom. The molecule has 8 heteroatoms. The Hall–Kier alpha value is -1.89. The molecule has 0 saturated heterocycles. The molecule has 0 atom stereocenters. The van der Waals surface area contributed by atoms with E-state index in [4.69, 9.17) is 21.1 Å². The van der Waals surface area contributed by atoms with Crippen LogP contribution >= 0.6 is 11.6 Å². The second-order valence-corrected chi connectivity index (χ2v) is 4.72. The molecular weight excluding hydrogens is 310 g/mol. The Bertz CT molecular complexity index is 551. The zero-order valence-corrected chi connectivity index (χ0v) is 13.9. The molecule has 1 heterocycles. The van der Waals surface area contributed by atoms with E-state index in [1.165, 1.54) is 4.90 Å². The van der Waals surface area contributed by atoms with Crippen LogP contribution in [0.3, 0.4) is 0 Å². The fourth-order valence-corrected chi connectivity index (χ4v) is 2.01. The number of anilines is 1. The van der Waals surface area contributed by atoms with Crippen LogP contribution in [0.25, 0.3) is 0 Å². The monoisotopic (exact) mass is 329 g/mol. The molecule has 0 fully saturated rings. The van der Waals surface area contributed by atoms with Gasteiger partial charge in [-0.15, -0.1) is 0 Å². The molecule has 1 aromatic heterocycles. The predicted molar refractivity (Wildman–Crippen MR) is 82.3 cm³/mol. The standard InChI is InChI=1S/C14H20ClN3O4/c1-5-9-16-12(15)11(14(20)22-7-3)13(17-9)18(4)8-10(19)21-6-2/h5-8H2,1-4H3. The van der Waals surface area contributed by atoms with Gasteiger partial charge in [0.25, 0.3) is 0 Å². The molecule has 0 aliphatic carbocycles. The molecule has 0 aromatic carbocycles. The van der Waals surface area contributed by atoms with Gasteiger partial charge in [-0.2, -0.15) is 0 Å². The SMILES string of the molecule is CCOC(=O)CN(C)c1nc(CC)nc(Cl)c1C(=O)OCC. The number of aryl methyl sites for hydroxylation is 1. The second-order valence-electron chi connectivity index (χ2n) is 4.36. The minimum atomic E-state index is -0.624. The highest BCUT2D eigenvalue weighted by atomic mass is 35.5. The Kier molecular flexibility index (Phi) is 7.04. The highest BCUT2D eigenvalue weighted by Gasteiger charge is 2.24. The highest BCUT2D eigenvalue weighted by Crippen LogP contribution is 2.25. The van der Waals surface area contributed by atoms with Gasteiger partial charge in [0.1, 0.15) is 28.9 Å². The van der Waals surface area contributed by atoms with Crippen molar-refractivity contribution in [3.05, 3.63) is 16.5 Å². The van der Waals surface area contributed by atoms with Crippen LogP contribution < -0.4 is 4.90 Å². The molecule has 7 nitrogen and oxygen atoms in total. The lowest BCUT2D eigenvalue weighted by molar-refractivity contribution is -0.141. The predicted octanol–water partition coefficient (Wildman–Crippen LogP) is 1.87. The number of likely N-dealkylation sites (N-methyl/N-ethyl adjacent to an activating group) is 1. The van der Waals surface area contributed by atoms with Crippen molar-refractivity contribution >= 4 is 29.4 Å². The van der Waals surface area contributed by atoms with E-state index >= 15 is 0 Å². The van der Waals surface area contributed by atoms with Gasteiger partial charge in [-0.1, -0.05) is 18.5 Å². The summed E-state index contributed by atoms with van der Waals surface area (Å²) in [4.78, 5) is 33.5. The van der Waals surface area contributed by atoms with Gasteiger partial charge >= 0.3 is 11.9 Å². The van der Waals surface area contributed by atoms with Crippen LogP contribution in [-0.4, -0.2) is 48.7 Å². The van der Waals surface area contributed by atoms with Gasteiger partial charge in [-0.05, 0) is 13.8 Å². The van der Waals surface area contributed by atoms with Gasteiger partial charge in [-0.25, -0.2) is 14.8 Å². The molecule has 1 aromatic rings. The molecule has 0 bridgehead atoms. The van der Waals surface area contributed by atoms with E-state index in [1.807, 2.05) is 6.92 Å². The fourth-order valence-electron chi connectivity index (χ4n) is 1.75. The Labute approximate surface area is 134 Å². The van der Waals surface area contributed by atoms with Gasteiger partial charge in [0.2, 0.25) is 0 Å². The van der Waals surface area contributed by atoms with Crippen molar-refractivity contribution in [1.82, 2.24) is 9.97 Å². The summed E-state index contributed by atoms with van der Waals surface area (Å²) in [5.41, 5.74) is 0.0486. The van der Waals surface area contributed by atoms with Crippen LogP contribution in [0.15, 0.2) is 0 Å². The number of hydrogen-bond acceptors (Lipinski definition) is 7. The lowest BCUT2D eigenvalue weighted by atomic mass is 10.2. The summed E-state index contributed by atoms with van der Waals surface area (Å²) < 4.78 is 9.87. The number of carbonyl (C=O) groups excluding carboxylic acids is 2. The second kappa shape index (κ2) is 8.53. The van der Waals surface area contributed by atoms with Crippen LogP contribution in [0.4, 0.5) is 5.82 Å². The third-order valence-corrected chi connectivity index (χ3v) is 2.99. The summed E-state index contributed by atoms with van der Waals surface area (Å²) in [6.07, 6.45) is 0.545. The van der Waals surface area contributed by atoms with Crippen LogP contribution in [0.1, 0.15) is 37.0 Å². The van der Waals surface area contributed by atoms with E-state index in [9.17, 15) is 9.59 Å². The third-order valence-electron chi connectivity index (χ3n) is 2.72. The number of nitrogens with zero attached hydrogens (tertiary/aromatic N) is 3. The molecule has 0 aliphatic heterocycles. The van der Waals surface area contributed by atoms with Crippen molar-refractivity contribution in [2.75, 3.05) is 31.7 Å². The van der Waals surface area contributed by atoms with Crippen molar-refractivity contribution in [3.8, 4) is 0 Å². The van der Waals surface area contributed by atoms with Gasteiger partial charge in [0.15, 0.2) is 0 Å². The number of carbonyl (C=O) groups is 2. The van der Waals surface area contributed by atoms with Crippen molar-refractivity contribution in [2.45, 2.75) is 27.2 Å². The molecule has 0 N–H and O–H groups in total. The molecule has 1 rings (SSSR count). The Morgan fingerprint density at radius 2 is 1.77 bits per heavy atom. The lowest BCUT2D eigenvalue weighted by Crippen LogP contribution is -2.30. The van der Waals surface area contributed by atoms with E-state index in [-0.39, 0.29) is 36.3 Å². The number of esters is 2. The van der Waals surface area contributed by atoms with Crippen molar-refractivity contribution in [2.24, 2.45) is 0 Å². The van der Waals surface area contributed by atoms with E-state index in [0.717, 1.165) is 0 Å². The summed E-state index contributed by atoms with van der Waals surface area (Å²) in [6, 6.07) is 0. The number of rotatable bonds is 7. The molecule has 0 radical (unpaired) electrons. The largest absolute Gasteiger partial charge is 0.465 e. The maximum absolute atomic E-state index is 12.1. The maximum atomic E-state index is 12.1. The number of aromatic nitrogens is 2. The van der Waals surface area contributed by atoms with Gasteiger partial charge in [0.05, 0.1) is 13.2 Å². The molecule has 0 amide bonds. The zero-order valence-electron chi connectivity index (χ0n) is 13.2. The summed E-state index contributed by atoms with van der Waals surface area (Å²) in [6.45, 7) is 5.70. The number of hydrogen-bond donors (Lipinski definition) is 0. The quantitative estimate of drug-likeness (QED) is 0.558. The molecule has 0 aliphatic rings. The van der Waals surface area contributed by atoms with E-state index in [0.29, 0.717) is 12.2 Å². The van der Waals surface area contributed by atoms with Gasteiger partial charge in [0, 0.05) is 13.5 Å². The third kappa shape index (κ3) is 4.56.